The van der Waals surface area contributed by atoms with Crippen molar-refractivity contribution in [3.05, 3.63) is 70.6 Å². The Balaban J connectivity index is 2.13. The summed E-state index contributed by atoms with van der Waals surface area (Å²) in [6, 6.07) is 13.7. The first-order chi connectivity index (χ1) is 10.2. The maximum Gasteiger partial charge on any atom is 0.153 e. The third-order valence-corrected chi connectivity index (χ3v) is 3.62. The molecule has 0 aliphatic rings. The van der Waals surface area contributed by atoms with Gasteiger partial charge in [0.2, 0.25) is 0 Å². The van der Waals surface area contributed by atoms with Crippen LogP contribution in [-0.4, -0.2) is 16.1 Å². The van der Waals surface area contributed by atoms with E-state index in [1.165, 1.54) is 6.07 Å². The van der Waals surface area contributed by atoms with Crippen molar-refractivity contribution >= 4 is 22.2 Å². The molecule has 0 radical (unpaired) electrons. The minimum Gasteiger partial charge on any atom is -0.298 e. The van der Waals surface area contributed by atoms with Gasteiger partial charge in [0.05, 0.1) is 11.3 Å². The van der Waals surface area contributed by atoms with Crippen LogP contribution in [0.25, 0.3) is 16.9 Å². The first-order valence-electron chi connectivity index (χ1n) is 6.25. The van der Waals surface area contributed by atoms with Crippen LogP contribution in [0.1, 0.15) is 10.4 Å². The van der Waals surface area contributed by atoms with E-state index in [4.69, 9.17) is 0 Å². The molecular weight excluding hydrogens is 335 g/mol. The summed E-state index contributed by atoms with van der Waals surface area (Å²) in [5.74, 6) is -0.401. The maximum absolute atomic E-state index is 13.9. The lowest BCUT2D eigenvalue weighted by atomic mass is 10.1. The number of hydrogen-bond donors (Lipinski definition) is 0. The molecule has 5 heteroatoms. The van der Waals surface area contributed by atoms with Crippen LogP contribution in [0.3, 0.4) is 0 Å². The average molecular weight is 345 g/mol. The lowest BCUT2D eigenvalue weighted by Crippen LogP contribution is -1.95. The molecule has 3 aromatic rings. The Labute approximate surface area is 129 Å². The van der Waals surface area contributed by atoms with E-state index in [2.05, 4.69) is 21.0 Å². The van der Waals surface area contributed by atoms with Crippen LogP contribution in [0, 0.1) is 5.82 Å². The number of aromatic nitrogens is 2. The van der Waals surface area contributed by atoms with E-state index in [1.807, 2.05) is 24.3 Å². The summed E-state index contributed by atoms with van der Waals surface area (Å²) in [5, 5.41) is 4.34. The van der Waals surface area contributed by atoms with E-state index >= 15 is 0 Å². The van der Waals surface area contributed by atoms with Crippen molar-refractivity contribution in [1.82, 2.24) is 9.78 Å². The molecule has 0 aliphatic heterocycles. The third kappa shape index (κ3) is 2.64. The molecule has 0 spiro atoms. The zero-order chi connectivity index (χ0) is 14.8. The second-order valence-electron chi connectivity index (χ2n) is 4.45. The summed E-state index contributed by atoms with van der Waals surface area (Å²) >= 11 is 3.36. The lowest BCUT2D eigenvalue weighted by Gasteiger charge is -2.01. The van der Waals surface area contributed by atoms with Gasteiger partial charge in [-0.3, -0.25) is 4.79 Å². The Bertz CT molecular complexity index is 796. The second-order valence-corrected chi connectivity index (χ2v) is 5.37. The van der Waals surface area contributed by atoms with E-state index in [0.717, 1.165) is 10.2 Å². The van der Waals surface area contributed by atoms with Gasteiger partial charge in [-0.1, -0.05) is 28.1 Å². The van der Waals surface area contributed by atoms with Gasteiger partial charge < -0.3 is 0 Å². The molecule has 0 unspecified atom stereocenters. The van der Waals surface area contributed by atoms with Crippen LogP contribution in [0.15, 0.2) is 59.2 Å². The molecule has 0 bridgehead atoms. The molecule has 1 aromatic heterocycles. The smallest absolute Gasteiger partial charge is 0.153 e. The van der Waals surface area contributed by atoms with Crippen molar-refractivity contribution in [1.29, 1.82) is 0 Å². The van der Waals surface area contributed by atoms with Gasteiger partial charge in [-0.15, -0.1) is 0 Å². The molecule has 0 fully saturated rings. The number of carbonyl (C=O) groups is 1. The summed E-state index contributed by atoms with van der Waals surface area (Å²) in [6.45, 7) is 0. The van der Waals surface area contributed by atoms with Crippen LogP contribution >= 0.6 is 15.9 Å². The van der Waals surface area contributed by atoms with Crippen molar-refractivity contribution in [3.8, 4) is 16.9 Å². The number of rotatable bonds is 3. The number of hydrogen-bond acceptors (Lipinski definition) is 2. The molecule has 0 N–H and O–H groups in total. The number of benzene rings is 2. The normalized spacial score (nSPS) is 10.6. The van der Waals surface area contributed by atoms with Crippen molar-refractivity contribution < 1.29 is 9.18 Å². The van der Waals surface area contributed by atoms with Crippen LogP contribution in [0.2, 0.25) is 0 Å². The fourth-order valence-electron chi connectivity index (χ4n) is 2.06. The molecule has 0 saturated heterocycles. The monoisotopic (exact) mass is 344 g/mol. The summed E-state index contributed by atoms with van der Waals surface area (Å²) in [6.07, 6.45) is 2.28. The molecule has 2 aromatic carbocycles. The van der Waals surface area contributed by atoms with Crippen LogP contribution in [0.5, 0.6) is 0 Å². The van der Waals surface area contributed by atoms with Gasteiger partial charge in [-0.25, -0.2) is 9.07 Å². The Morgan fingerprint density at radius 2 is 1.81 bits per heavy atom. The quantitative estimate of drug-likeness (QED) is 0.665. The molecule has 1 heterocycles. The standard InChI is InChI=1S/C16H10BrFN2O/c17-12-5-7-13(8-6-12)20-9-11(10-21)16(19-20)14-3-1-2-4-15(14)18/h1-10H. The predicted molar refractivity (Wildman–Crippen MR) is 82.0 cm³/mol. The number of aldehydes is 1. The first kappa shape index (κ1) is 13.7. The molecule has 0 saturated carbocycles. The second kappa shape index (κ2) is 5.61. The van der Waals surface area contributed by atoms with Crippen LogP contribution in [-0.2, 0) is 0 Å². The number of carbonyl (C=O) groups excluding carboxylic acids is 1. The number of nitrogens with zero attached hydrogens (tertiary/aromatic N) is 2. The minimum absolute atomic E-state index is 0.315. The highest BCUT2D eigenvalue weighted by molar-refractivity contribution is 9.10. The first-order valence-corrected chi connectivity index (χ1v) is 7.04. The largest absolute Gasteiger partial charge is 0.298 e. The van der Waals surface area contributed by atoms with E-state index in [-0.39, 0.29) is 0 Å². The van der Waals surface area contributed by atoms with Gasteiger partial charge >= 0.3 is 0 Å². The predicted octanol–water partition coefficient (Wildman–Crippen LogP) is 4.25. The lowest BCUT2D eigenvalue weighted by molar-refractivity contribution is 0.112. The van der Waals surface area contributed by atoms with E-state index in [9.17, 15) is 9.18 Å². The van der Waals surface area contributed by atoms with Crippen molar-refractivity contribution in [2.45, 2.75) is 0 Å². The molecule has 3 nitrogen and oxygen atoms in total. The molecule has 0 atom stereocenters. The molecular formula is C16H10BrFN2O. The van der Waals surface area contributed by atoms with Gasteiger partial charge in [0.25, 0.3) is 0 Å². The minimum atomic E-state index is -0.401. The number of halogens is 2. The fraction of sp³-hybridized carbons (Fsp3) is 0. The highest BCUT2D eigenvalue weighted by atomic mass is 79.9. The summed E-state index contributed by atoms with van der Waals surface area (Å²) in [5.41, 5.74) is 1.80. The average Bonchev–Trinajstić information content (AvgIpc) is 2.92. The van der Waals surface area contributed by atoms with Crippen LogP contribution < -0.4 is 0 Å². The maximum atomic E-state index is 13.9. The topological polar surface area (TPSA) is 34.9 Å². The zero-order valence-corrected chi connectivity index (χ0v) is 12.4. The molecule has 3 rings (SSSR count). The van der Waals surface area contributed by atoms with Gasteiger partial charge in [0.1, 0.15) is 11.5 Å². The zero-order valence-electron chi connectivity index (χ0n) is 10.8. The van der Waals surface area contributed by atoms with Crippen molar-refractivity contribution in [2.75, 3.05) is 0 Å². The van der Waals surface area contributed by atoms with E-state index in [0.29, 0.717) is 23.1 Å². The summed E-state index contributed by atoms with van der Waals surface area (Å²) in [7, 11) is 0. The molecule has 0 aliphatic carbocycles. The van der Waals surface area contributed by atoms with E-state index in [1.54, 1.807) is 29.1 Å². The Kier molecular flexibility index (Phi) is 3.66. The molecule has 104 valence electrons. The Hall–Kier alpha value is -2.27. The van der Waals surface area contributed by atoms with Crippen LogP contribution in [0.4, 0.5) is 4.39 Å². The van der Waals surface area contributed by atoms with Gasteiger partial charge in [0, 0.05) is 16.2 Å². The molecule has 21 heavy (non-hydrogen) atoms. The van der Waals surface area contributed by atoms with E-state index < -0.39 is 5.82 Å². The van der Waals surface area contributed by atoms with Gasteiger partial charge in [-0.05, 0) is 36.4 Å². The third-order valence-electron chi connectivity index (χ3n) is 3.09. The van der Waals surface area contributed by atoms with Gasteiger partial charge in [0.15, 0.2) is 6.29 Å². The highest BCUT2D eigenvalue weighted by Gasteiger charge is 2.14. The SMILES string of the molecule is O=Cc1cn(-c2ccc(Br)cc2)nc1-c1ccccc1F. The Morgan fingerprint density at radius 1 is 1.10 bits per heavy atom. The van der Waals surface area contributed by atoms with Gasteiger partial charge in [-0.2, -0.15) is 5.10 Å². The summed E-state index contributed by atoms with van der Waals surface area (Å²) in [4.78, 5) is 11.2. The summed E-state index contributed by atoms with van der Waals surface area (Å²) < 4.78 is 16.4. The highest BCUT2D eigenvalue weighted by Crippen LogP contribution is 2.25. The Morgan fingerprint density at radius 3 is 2.48 bits per heavy atom. The van der Waals surface area contributed by atoms with Crippen molar-refractivity contribution in [2.24, 2.45) is 0 Å². The molecule has 0 amide bonds. The fourth-order valence-corrected chi connectivity index (χ4v) is 2.33. The van der Waals surface area contributed by atoms with Crippen molar-refractivity contribution in [3.63, 3.8) is 0 Å².